The molecule has 0 aromatic heterocycles. The van der Waals surface area contributed by atoms with Crippen molar-refractivity contribution in [1.82, 2.24) is 5.32 Å². The van der Waals surface area contributed by atoms with Gasteiger partial charge in [-0.15, -0.1) is 0 Å². The molecule has 8 nitrogen and oxygen atoms in total. The first-order valence-electron chi connectivity index (χ1n) is 8.26. The Bertz CT molecular complexity index is 943. The summed E-state index contributed by atoms with van der Waals surface area (Å²) in [6.45, 7) is 0. The van der Waals surface area contributed by atoms with Crippen LogP contribution in [0.1, 0.15) is 5.56 Å². The third-order valence-corrected chi connectivity index (χ3v) is 4.11. The van der Waals surface area contributed by atoms with Crippen LogP contribution >= 0.6 is 0 Å². The standard InChI is InChI=1S/C20H18N2O6/c1-26-15-10-12(11-16(27-2)17(15)28-3)9-14-18(23)21-20(25)22(19(14)24)13-7-5-4-6-8-13/h4-11H,1-3H3,(H,21,23,25)/b14-9+. The lowest BCUT2D eigenvalue weighted by Crippen LogP contribution is -2.54. The van der Waals surface area contributed by atoms with Gasteiger partial charge in [-0.05, 0) is 35.9 Å². The predicted octanol–water partition coefficient (Wildman–Crippen LogP) is 2.38. The molecule has 0 aliphatic carbocycles. The lowest BCUT2D eigenvalue weighted by atomic mass is 10.1. The lowest BCUT2D eigenvalue weighted by molar-refractivity contribution is -0.122. The van der Waals surface area contributed by atoms with Crippen molar-refractivity contribution in [3.05, 3.63) is 53.6 Å². The van der Waals surface area contributed by atoms with E-state index in [-0.39, 0.29) is 5.57 Å². The molecule has 0 bridgehead atoms. The second-order valence-corrected chi connectivity index (χ2v) is 5.75. The Morgan fingerprint density at radius 2 is 1.50 bits per heavy atom. The lowest BCUT2D eigenvalue weighted by Gasteiger charge is -2.26. The number of nitrogens with zero attached hydrogens (tertiary/aromatic N) is 1. The van der Waals surface area contributed by atoms with Crippen molar-refractivity contribution in [2.45, 2.75) is 0 Å². The third kappa shape index (κ3) is 3.39. The summed E-state index contributed by atoms with van der Waals surface area (Å²) in [6.07, 6.45) is 1.37. The maximum absolute atomic E-state index is 12.9. The first-order valence-corrected chi connectivity index (χ1v) is 8.26. The van der Waals surface area contributed by atoms with Gasteiger partial charge in [0.25, 0.3) is 11.8 Å². The Morgan fingerprint density at radius 3 is 2.04 bits per heavy atom. The Hall–Kier alpha value is -3.81. The van der Waals surface area contributed by atoms with Crippen LogP contribution in [0.5, 0.6) is 17.2 Å². The molecule has 0 spiro atoms. The fourth-order valence-electron chi connectivity index (χ4n) is 2.82. The van der Waals surface area contributed by atoms with E-state index >= 15 is 0 Å². The summed E-state index contributed by atoms with van der Waals surface area (Å²) in [4.78, 5) is 38.3. The number of barbiturate groups is 1. The molecule has 1 fully saturated rings. The highest BCUT2D eigenvalue weighted by Gasteiger charge is 2.36. The van der Waals surface area contributed by atoms with Gasteiger partial charge in [0.2, 0.25) is 5.75 Å². The zero-order chi connectivity index (χ0) is 20.3. The number of urea groups is 1. The van der Waals surface area contributed by atoms with Crippen LogP contribution in [0.2, 0.25) is 0 Å². The van der Waals surface area contributed by atoms with Crippen LogP contribution in [0.25, 0.3) is 6.08 Å². The molecule has 0 radical (unpaired) electrons. The molecule has 3 rings (SSSR count). The SMILES string of the molecule is COc1cc(/C=C2\C(=O)NC(=O)N(c3ccccc3)C2=O)cc(OC)c1OC. The topological polar surface area (TPSA) is 94.2 Å². The van der Waals surface area contributed by atoms with Crippen LogP contribution in [-0.4, -0.2) is 39.2 Å². The molecule has 0 unspecified atom stereocenters. The molecule has 0 atom stereocenters. The highest BCUT2D eigenvalue weighted by molar-refractivity contribution is 6.39. The van der Waals surface area contributed by atoms with E-state index in [1.807, 2.05) is 0 Å². The van der Waals surface area contributed by atoms with Crippen molar-refractivity contribution < 1.29 is 28.6 Å². The molecule has 1 aliphatic rings. The number of carbonyl (C=O) groups excluding carboxylic acids is 3. The monoisotopic (exact) mass is 382 g/mol. The van der Waals surface area contributed by atoms with Gasteiger partial charge in [-0.2, -0.15) is 0 Å². The normalized spacial score (nSPS) is 15.5. The van der Waals surface area contributed by atoms with E-state index in [0.717, 1.165) is 4.90 Å². The fraction of sp³-hybridized carbons (Fsp3) is 0.150. The summed E-state index contributed by atoms with van der Waals surface area (Å²) in [5.74, 6) is -0.390. The number of imide groups is 2. The summed E-state index contributed by atoms with van der Waals surface area (Å²) in [5, 5.41) is 2.18. The van der Waals surface area contributed by atoms with E-state index in [9.17, 15) is 14.4 Å². The number of amides is 4. The third-order valence-electron chi connectivity index (χ3n) is 4.11. The maximum atomic E-state index is 12.9. The number of anilines is 1. The molecule has 0 saturated carbocycles. The summed E-state index contributed by atoms with van der Waals surface area (Å²) < 4.78 is 15.8. The molecule has 144 valence electrons. The number of methoxy groups -OCH3 is 3. The molecule has 1 saturated heterocycles. The Balaban J connectivity index is 2.06. The van der Waals surface area contributed by atoms with Gasteiger partial charge < -0.3 is 14.2 Å². The van der Waals surface area contributed by atoms with E-state index in [0.29, 0.717) is 28.5 Å². The molecule has 1 N–H and O–H groups in total. The Kier molecular flexibility index (Phi) is 5.30. The fourth-order valence-corrected chi connectivity index (χ4v) is 2.82. The van der Waals surface area contributed by atoms with Gasteiger partial charge in [-0.3, -0.25) is 14.9 Å². The van der Waals surface area contributed by atoms with Crippen molar-refractivity contribution in [2.24, 2.45) is 0 Å². The largest absolute Gasteiger partial charge is 0.493 e. The van der Waals surface area contributed by atoms with Crippen molar-refractivity contribution >= 4 is 29.6 Å². The molecule has 1 aliphatic heterocycles. The number of para-hydroxylation sites is 1. The van der Waals surface area contributed by atoms with Crippen LogP contribution in [-0.2, 0) is 9.59 Å². The van der Waals surface area contributed by atoms with Crippen LogP contribution in [0.3, 0.4) is 0 Å². The van der Waals surface area contributed by atoms with Gasteiger partial charge in [0.05, 0.1) is 27.0 Å². The van der Waals surface area contributed by atoms with Gasteiger partial charge in [0, 0.05) is 0 Å². The molecular weight excluding hydrogens is 364 g/mol. The predicted molar refractivity (Wildman–Crippen MR) is 102 cm³/mol. The van der Waals surface area contributed by atoms with E-state index < -0.39 is 17.8 Å². The molecule has 2 aromatic rings. The summed E-state index contributed by atoms with van der Waals surface area (Å²) >= 11 is 0. The molecule has 4 amide bonds. The van der Waals surface area contributed by atoms with E-state index in [1.54, 1.807) is 42.5 Å². The quantitative estimate of drug-likeness (QED) is 0.630. The number of ether oxygens (including phenoxy) is 3. The molecule has 28 heavy (non-hydrogen) atoms. The van der Waals surface area contributed by atoms with E-state index in [1.165, 1.54) is 27.4 Å². The maximum Gasteiger partial charge on any atom is 0.335 e. The van der Waals surface area contributed by atoms with Gasteiger partial charge in [-0.25, -0.2) is 9.69 Å². The van der Waals surface area contributed by atoms with Crippen molar-refractivity contribution in [3.63, 3.8) is 0 Å². The molecule has 2 aromatic carbocycles. The van der Waals surface area contributed by atoms with Gasteiger partial charge >= 0.3 is 6.03 Å². The van der Waals surface area contributed by atoms with E-state index in [4.69, 9.17) is 14.2 Å². The van der Waals surface area contributed by atoms with Crippen molar-refractivity contribution in [2.75, 3.05) is 26.2 Å². The van der Waals surface area contributed by atoms with Gasteiger partial charge in [0.1, 0.15) is 5.57 Å². The molecular formula is C20H18N2O6. The van der Waals surface area contributed by atoms with Crippen LogP contribution < -0.4 is 24.4 Å². The van der Waals surface area contributed by atoms with Crippen LogP contribution in [0.15, 0.2) is 48.0 Å². The highest BCUT2D eigenvalue weighted by Crippen LogP contribution is 2.39. The summed E-state index contributed by atoms with van der Waals surface area (Å²) in [5.41, 5.74) is 0.626. The zero-order valence-electron chi connectivity index (χ0n) is 15.5. The first kappa shape index (κ1) is 19.0. The average Bonchev–Trinajstić information content (AvgIpc) is 2.70. The average molecular weight is 382 g/mol. The second-order valence-electron chi connectivity index (χ2n) is 5.75. The first-order chi connectivity index (χ1) is 13.5. The number of carbonyl (C=O) groups is 3. The minimum absolute atomic E-state index is 0.197. The van der Waals surface area contributed by atoms with Crippen LogP contribution in [0.4, 0.5) is 10.5 Å². The van der Waals surface area contributed by atoms with Crippen molar-refractivity contribution in [3.8, 4) is 17.2 Å². The Labute approximate surface area is 161 Å². The number of hydrogen-bond acceptors (Lipinski definition) is 6. The number of rotatable bonds is 5. The summed E-state index contributed by atoms with van der Waals surface area (Å²) in [7, 11) is 4.39. The number of nitrogens with one attached hydrogen (secondary N) is 1. The summed E-state index contributed by atoms with van der Waals surface area (Å²) in [6, 6.07) is 10.7. The van der Waals surface area contributed by atoms with Gasteiger partial charge in [-0.1, -0.05) is 18.2 Å². The smallest absolute Gasteiger partial charge is 0.335 e. The van der Waals surface area contributed by atoms with E-state index in [2.05, 4.69) is 5.32 Å². The second kappa shape index (κ2) is 7.83. The molecule has 1 heterocycles. The zero-order valence-corrected chi connectivity index (χ0v) is 15.5. The van der Waals surface area contributed by atoms with Crippen LogP contribution in [0, 0.1) is 0 Å². The molecule has 8 heteroatoms. The Morgan fingerprint density at radius 1 is 0.893 bits per heavy atom. The number of hydrogen-bond donors (Lipinski definition) is 1. The number of benzene rings is 2. The minimum atomic E-state index is -0.803. The van der Waals surface area contributed by atoms with Gasteiger partial charge in [0.15, 0.2) is 11.5 Å². The highest BCUT2D eigenvalue weighted by atomic mass is 16.5. The van der Waals surface area contributed by atoms with Crippen molar-refractivity contribution in [1.29, 1.82) is 0 Å². The minimum Gasteiger partial charge on any atom is -0.493 e.